The number of ether oxygens (including phenoxy) is 4. The van der Waals surface area contributed by atoms with Crippen LogP contribution in [0.4, 0.5) is 0 Å². The van der Waals surface area contributed by atoms with Gasteiger partial charge in [-0.2, -0.15) is 0 Å². The van der Waals surface area contributed by atoms with Gasteiger partial charge in [-0.3, -0.25) is 4.79 Å². The van der Waals surface area contributed by atoms with Gasteiger partial charge in [0.1, 0.15) is 5.75 Å². The zero-order valence-corrected chi connectivity index (χ0v) is 20.5. The van der Waals surface area contributed by atoms with Crippen LogP contribution in [0.15, 0.2) is 61.2 Å². The number of methoxy groups -OCH3 is 1. The maximum atomic E-state index is 12.1. The van der Waals surface area contributed by atoms with E-state index >= 15 is 0 Å². The fourth-order valence-electron chi connectivity index (χ4n) is 3.66. The Balaban J connectivity index is 2.11. The normalized spacial score (nSPS) is 24.4. The Kier molecular flexibility index (Phi) is 9.89. The van der Waals surface area contributed by atoms with Gasteiger partial charge >= 0.3 is 5.97 Å². The summed E-state index contributed by atoms with van der Waals surface area (Å²) in [7, 11) is 1.63. The topological polar surface area (TPSA) is 74.2 Å². The molecule has 2 rings (SSSR count). The molecule has 182 valence electrons. The average Bonchev–Trinajstić information content (AvgIpc) is 2.80. The molecule has 6 heteroatoms. The van der Waals surface area contributed by atoms with Crippen molar-refractivity contribution in [2.75, 3.05) is 13.7 Å². The number of aliphatic hydroxyl groups is 1. The molecule has 0 amide bonds. The lowest BCUT2D eigenvalue weighted by atomic mass is 9.77. The summed E-state index contributed by atoms with van der Waals surface area (Å²) in [4.78, 5) is 12.1. The molecule has 33 heavy (non-hydrogen) atoms. The molecule has 0 saturated carbocycles. The number of rotatable bonds is 11. The van der Waals surface area contributed by atoms with Crippen LogP contribution in [-0.2, 0) is 19.0 Å². The molecule has 3 unspecified atom stereocenters. The van der Waals surface area contributed by atoms with Crippen molar-refractivity contribution in [1.82, 2.24) is 0 Å². The third-order valence-corrected chi connectivity index (χ3v) is 6.19. The van der Waals surface area contributed by atoms with E-state index in [4.69, 9.17) is 18.9 Å². The Morgan fingerprint density at radius 3 is 2.48 bits per heavy atom. The number of aliphatic hydroxyl groups excluding tert-OH is 1. The monoisotopic (exact) mass is 458 g/mol. The van der Waals surface area contributed by atoms with Gasteiger partial charge < -0.3 is 24.1 Å². The van der Waals surface area contributed by atoms with E-state index in [1.54, 1.807) is 14.0 Å². The predicted molar refractivity (Wildman–Crippen MR) is 129 cm³/mol. The molecular formula is C27H38O6. The van der Waals surface area contributed by atoms with Crippen LogP contribution in [0.2, 0.25) is 0 Å². The zero-order chi connectivity index (χ0) is 24.6. The maximum absolute atomic E-state index is 12.1. The number of carbonyl (C=O) groups is 1. The molecule has 0 spiro atoms. The van der Waals surface area contributed by atoms with E-state index in [0.717, 1.165) is 16.9 Å². The standard InChI is InChI=1S/C27H38O6/c1-8-10-23-27(5,6)24(33-26(32-23)20-11-13-21(30-7)14-12-20)17-18(3)15-16-31-25(29)19(4)22(28)9-2/h8-9,11-14,17,19,22-24,26,28H,1-2,10,15-16H2,3-7H3/b18-17+/t19?,22-,23-,24?,26?/m1/s1. The van der Waals surface area contributed by atoms with Gasteiger partial charge in [0.15, 0.2) is 6.29 Å². The maximum Gasteiger partial charge on any atom is 0.311 e. The number of hydrogen-bond acceptors (Lipinski definition) is 6. The predicted octanol–water partition coefficient (Wildman–Crippen LogP) is 5.14. The lowest BCUT2D eigenvalue weighted by molar-refractivity contribution is -0.285. The van der Waals surface area contributed by atoms with Crippen molar-refractivity contribution in [3.8, 4) is 5.75 Å². The van der Waals surface area contributed by atoms with Gasteiger partial charge in [0.25, 0.3) is 0 Å². The minimum atomic E-state index is -0.915. The van der Waals surface area contributed by atoms with Gasteiger partial charge in [0.05, 0.1) is 37.9 Å². The highest BCUT2D eigenvalue weighted by Crippen LogP contribution is 2.43. The van der Waals surface area contributed by atoms with Crippen molar-refractivity contribution < 1.29 is 28.8 Å². The first-order valence-corrected chi connectivity index (χ1v) is 11.3. The van der Waals surface area contributed by atoms with Crippen LogP contribution in [-0.4, -0.2) is 43.1 Å². The summed E-state index contributed by atoms with van der Waals surface area (Å²) in [5, 5.41) is 9.72. The third-order valence-electron chi connectivity index (χ3n) is 6.19. The Morgan fingerprint density at radius 2 is 1.91 bits per heavy atom. The Morgan fingerprint density at radius 1 is 1.24 bits per heavy atom. The SMILES string of the molecule is C=CC[C@H]1OC(c2ccc(OC)cc2)OC(/C=C(\C)CCOC(=O)C(C)[C@H](O)C=C)C1(C)C. The van der Waals surface area contributed by atoms with Crippen LogP contribution < -0.4 is 4.74 Å². The van der Waals surface area contributed by atoms with Crippen LogP contribution in [0.5, 0.6) is 5.75 Å². The minimum absolute atomic E-state index is 0.0797. The van der Waals surface area contributed by atoms with Crippen LogP contribution in [0.1, 0.15) is 52.4 Å². The Bertz CT molecular complexity index is 826. The summed E-state index contributed by atoms with van der Waals surface area (Å²) < 4.78 is 23.3. The molecule has 1 aliphatic rings. The van der Waals surface area contributed by atoms with Gasteiger partial charge in [0.2, 0.25) is 0 Å². The Labute approximate surface area is 197 Å². The highest BCUT2D eigenvalue weighted by Gasteiger charge is 2.44. The highest BCUT2D eigenvalue weighted by molar-refractivity contribution is 5.73. The summed E-state index contributed by atoms with van der Waals surface area (Å²) in [6, 6.07) is 7.66. The molecule has 0 aliphatic carbocycles. The van der Waals surface area contributed by atoms with E-state index in [9.17, 15) is 9.90 Å². The van der Waals surface area contributed by atoms with E-state index in [0.29, 0.717) is 12.8 Å². The molecule has 1 aromatic carbocycles. The van der Waals surface area contributed by atoms with E-state index in [2.05, 4.69) is 33.1 Å². The third kappa shape index (κ3) is 7.03. The second-order valence-electron chi connectivity index (χ2n) is 9.08. The minimum Gasteiger partial charge on any atom is -0.497 e. The molecule has 6 nitrogen and oxygen atoms in total. The fourth-order valence-corrected chi connectivity index (χ4v) is 3.66. The zero-order valence-electron chi connectivity index (χ0n) is 20.5. The number of benzene rings is 1. The van der Waals surface area contributed by atoms with Crippen LogP contribution in [0.3, 0.4) is 0 Å². The molecule has 0 aromatic heterocycles. The largest absolute Gasteiger partial charge is 0.497 e. The summed E-state index contributed by atoms with van der Waals surface area (Å²) in [5.74, 6) is -0.313. The highest BCUT2D eigenvalue weighted by atomic mass is 16.7. The van der Waals surface area contributed by atoms with Gasteiger partial charge in [-0.15, -0.1) is 13.2 Å². The molecular weight excluding hydrogens is 420 g/mol. The Hall–Kier alpha value is -2.41. The molecule has 0 radical (unpaired) electrons. The van der Waals surface area contributed by atoms with E-state index in [1.807, 2.05) is 37.3 Å². The van der Waals surface area contributed by atoms with Crippen LogP contribution >= 0.6 is 0 Å². The van der Waals surface area contributed by atoms with Crippen molar-refractivity contribution in [2.45, 2.75) is 65.1 Å². The summed E-state index contributed by atoms with van der Waals surface area (Å²) >= 11 is 0. The van der Waals surface area contributed by atoms with Crippen molar-refractivity contribution in [1.29, 1.82) is 0 Å². The molecule has 1 saturated heterocycles. The molecule has 1 fully saturated rings. The molecule has 0 bridgehead atoms. The van der Waals surface area contributed by atoms with Gasteiger partial charge in [0, 0.05) is 17.4 Å². The van der Waals surface area contributed by atoms with Crippen molar-refractivity contribution in [2.24, 2.45) is 11.3 Å². The second kappa shape index (κ2) is 12.2. The lowest BCUT2D eigenvalue weighted by Gasteiger charge is -2.47. The molecule has 1 N–H and O–H groups in total. The fraction of sp³-hybridized carbons (Fsp3) is 0.519. The van der Waals surface area contributed by atoms with Gasteiger partial charge in [-0.25, -0.2) is 0 Å². The van der Waals surface area contributed by atoms with Gasteiger partial charge in [-0.05, 0) is 32.4 Å². The van der Waals surface area contributed by atoms with E-state index < -0.39 is 24.3 Å². The number of carbonyl (C=O) groups excluding carboxylic acids is 1. The summed E-state index contributed by atoms with van der Waals surface area (Å²) in [6.45, 7) is 15.5. The molecule has 5 atom stereocenters. The smallest absolute Gasteiger partial charge is 0.311 e. The van der Waals surface area contributed by atoms with Gasteiger partial charge in [-0.1, -0.05) is 49.8 Å². The average molecular weight is 459 g/mol. The summed E-state index contributed by atoms with van der Waals surface area (Å²) in [5.41, 5.74) is 1.67. The molecule has 1 aliphatic heterocycles. The molecule has 1 heterocycles. The number of esters is 1. The number of hydrogen-bond donors (Lipinski definition) is 1. The first kappa shape index (κ1) is 26.8. The van der Waals surface area contributed by atoms with E-state index in [-0.39, 0.29) is 24.2 Å². The van der Waals surface area contributed by atoms with Crippen LogP contribution in [0, 0.1) is 11.3 Å². The van der Waals surface area contributed by atoms with Crippen molar-refractivity contribution in [3.05, 3.63) is 66.8 Å². The first-order valence-electron chi connectivity index (χ1n) is 11.3. The van der Waals surface area contributed by atoms with Crippen molar-refractivity contribution in [3.63, 3.8) is 0 Å². The van der Waals surface area contributed by atoms with Crippen LogP contribution in [0.25, 0.3) is 0 Å². The molecule has 1 aromatic rings. The van der Waals surface area contributed by atoms with E-state index in [1.165, 1.54) is 6.08 Å². The second-order valence-corrected chi connectivity index (χ2v) is 9.08. The summed E-state index contributed by atoms with van der Waals surface area (Å²) in [6.07, 6.45) is 4.85. The lowest BCUT2D eigenvalue weighted by Crippen LogP contribution is -2.48. The quantitative estimate of drug-likeness (QED) is 0.365. The van der Waals surface area contributed by atoms with Crippen molar-refractivity contribution >= 4 is 5.97 Å². The first-order chi connectivity index (χ1) is 15.6.